The van der Waals surface area contributed by atoms with E-state index in [1.807, 2.05) is 32.2 Å². The second-order valence-electron chi connectivity index (χ2n) is 8.76. The standard InChI is InChI=1S/C26H20F2N4O2S/c1-13-7-21-24(30-14(13)2)26(33)25(31-32(21)20-4-3-17(27)10-18(20)28)22-9-16-8-19(15-5-6-34-12-15)29-11-23(16)35-22/h3-4,7-11,15H,5-6,12H2,1-2H3/t15-/m1/s1. The lowest BCUT2D eigenvalue weighted by Crippen LogP contribution is -2.18. The maximum atomic E-state index is 14.8. The van der Waals surface area contributed by atoms with E-state index in [2.05, 4.69) is 15.1 Å². The zero-order valence-corrected chi connectivity index (χ0v) is 19.8. The number of thiophene rings is 1. The van der Waals surface area contributed by atoms with E-state index in [9.17, 15) is 13.6 Å². The van der Waals surface area contributed by atoms with Crippen LogP contribution >= 0.6 is 11.3 Å². The summed E-state index contributed by atoms with van der Waals surface area (Å²) in [6.45, 7) is 5.06. The fraction of sp³-hybridized carbons (Fsp3) is 0.231. The summed E-state index contributed by atoms with van der Waals surface area (Å²) in [6, 6.07) is 8.96. The highest BCUT2D eigenvalue weighted by Crippen LogP contribution is 2.34. The van der Waals surface area contributed by atoms with Crippen LogP contribution in [0.15, 0.2) is 47.4 Å². The number of benzene rings is 1. The predicted octanol–water partition coefficient (Wildman–Crippen LogP) is 5.46. The summed E-state index contributed by atoms with van der Waals surface area (Å²) >= 11 is 1.39. The second kappa shape index (κ2) is 8.28. The molecule has 35 heavy (non-hydrogen) atoms. The van der Waals surface area contributed by atoms with Crippen molar-refractivity contribution >= 4 is 32.5 Å². The molecule has 176 valence electrons. The lowest BCUT2D eigenvalue weighted by atomic mass is 10.0. The fourth-order valence-electron chi connectivity index (χ4n) is 4.40. The molecule has 9 heteroatoms. The van der Waals surface area contributed by atoms with E-state index in [1.165, 1.54) is 22.1 Å². The summed E-state index contributed by atoms with van der Waals surface area (Å²) < 4.78 is 36.2. The molecule has 4 aromatic heterocycles. The van der Waals surface area contributed by atoms with Crippen LogP contribution in [0.2, 0.25) is 0 Å². The largest absolute Gasteiger partial charge is 0.381 e. The third kappa shape index (κ3) is 3.71. The summed E-state index contributed by atoms with van der Waals surface area (Å²) in [5.74, 6) is -1.21. The molecule has 0 unspecified atom stereocenters. The molecule has 1 aliphatic rings. The van der Waals surface area contributed by atoms with Gasteiger partial charge < -0.3 is 4.74 Å². The third-order valence-electron chi connectivity index (χ3n) is 6.45. The van der Waals surface area contributed by atoms with E-state index in [0.717, 1.165) is 46.5 Å². The van der Waals surface area contributed by atoms with E-state index >= 15 is 0 Å². The predicted molar refractivity (Wildman–Crippen MR) is 131 cm³/mol. The van der Waals surface area contributed by atoms with E-state index in [-0.39, 0.29) is 28.2 Å². The number of nitrogens with zero attached hydrogens (tertiary/aromatic N) is 4. The molecule has 0 saturated carbocycles. The first-order valence-corrected chi connectivity index (χ1v) is 12.0. The van der Waals surface area contributed by atoms with Crippen LogP contribution in [0.5, 0.6) is 0 Å². The summed E-state index contributed by atoms with van der Waals surface area (Å²) in [5, 5.41) is 5.52. The second-order valence-corrected chi connectivity index (χ2v) is 9.85. The quantitative estimate of drug-likeness (QED) is 0.336. The van der Waals surface area contributed by atoms with Gasteiger partial charge in [-0.05, 0) is 61.5 Å². The van der Waals surface area contributed by atoms with Crippen molar-refractivity contribution in [2.75, 3.05) is 13.2 Å². The summed E-state index contributed by atoms with van der Waals surface area (Å²) in [6.07, 6.45) is 2.74. The van der Waals surface area contributed by atoms with Gasteiger partial charge in [-0.15, -0.1) is 11.3 Å². The molecule has 0 aliphatic carbocycles. The monoisotopic (exact) mass is 490 g/mol. The van der Waals surface area contributed by atoms with E-state index < -0.39 is 11.6 Å². The number of hydrogen-bond acceptors (Lipinski definition) is 6. The number of hydrogen-bond donors (Lipinski definition) is 0. The summed E-state index contributed by atoms with van der Waals surface area (Å²) in [7, 11) is 0. The van der Waals surface area contributed by atoms with Gasteiger partial charge in [0.15, 0.2) is 11.5 Å². The maximum Gasteiger partial charge on any atom is 0.235 e. The number of fused-ring (bicyclic) bond motifs is 2. The molecule has 0 radical (unpaired) electrons. The molecular formula is C26H20F2N4O2S. The molecule has 6 nitrogen and oxygen atoms in total. The van der Waals surface area contributed by atoms with E-state index in [4.69, 9.17) is 4.74 Å². The smallest absolute Gasteiger partial charge is 0.235 e. The highest BCUT2D eigenvalue weighted by atomic mass is 32.1. The van der Waals surface area contributed by atoms with Crippen molar-refractivity contribution in [3.05, 3.63) is 81.4 Å². The highest BCUT2D eigenvalue weighted by molar-refractivity contribution is 7.22. The lowest BCUT2D eigenvalue weighted by molar-refractivity contribution is 0.193. The molecule has 0 amide bonds. The number of rotatable bonds is 3. The van der Waals surface area contributed by atoms with E-state index in [0.29, 0.717) is 22.7 Å². The zero-order valence-electron chi connectivity index (χ0n) is 19.0. The van der Waals surface area contributed by atoms with Crippen LogP contribution in [0, 0.1) is 25.5 Å². The molecule has 1 fully saturated rings. The minimum atomic E-state index is -0.782. The van der Waals surface area contributed by atoms with Crippen molar-refractivity contribution in [3.63, 3.8) is 0 Å². The van der Waals surface area contributed by atoms with E-state index in [1.54, 1.807) is 6.07 Å². The van der Waals surface area contributed by atoms with Gasteiger partial charge in [0.1, 0.15) is 17.0 Å². The number of halogens is 2. The molecule has 5 heterocycles. The fourth-order valence-corrected chi connectivity index (χ4v) is 5.39. The Balaban J connectivity index is 1.59. The molecule has 6 rings (SSSR count). The minimum Gasteiger partial charge on any atom is -0.381 e. The highest BCUT2D eigenvalue weighted by Gasteiger charge is 2.22. The van der Waals surface area contributed by atoms with Gasteiger partial charge in [0.2, 0.25) is 5.43 Å². The van der Waals surface area contributed by atoms with Gasteiger partial charge in [-0.2, -0.15) is 5.10 Å². The van der Waals surface area contributed by atoms with Gasteiger partial charge in [0, 0.05) is 36.2 Å². The minimum absolute atomic E-state index is 0.0361. The summed E-state index contributed by atoms with van der Waals surface area (Å²) in [5.41, 5.74) is 2.88. The van der Waals surface area contributed by atoms with Crippen molar-refractivity contribution in [2.24, 2.45) is 0 Å². The number of aryl methyl sites for hydroxylation is 2. The summed E-state index contributed by atoms with van der Waals surface area (Å²) in [4.78, 5) is 23.3. The SMILES string of the molecule is Cc1cc2c(nc1C)c(=O)c(-c1cc3cc([C@@H]4CCOC4)ncc3s1)nn2-c1ccc(F)cc1F. The van der Waals surface area contributed by atoms with Crippen LogP contribution in [0.4, 0.5) is 8.78 Å². The molecule has 1 aliphatic heterocycles. The Morgan fingerprint density at radius 1 is 1.14 bits per heavy atom. The van der Waals surface area contributed by atoms with Crippen LogP contribution < -0.4 is 5.43 Å². The third-order valence-corrected chi connectivity index (χ3v) is 7.54. The first-order chi connectivity index (χ1) is 16.9. The lowest BCUT2D eigenvalue weighted by Gasteiger charge is -2.13. The first kappa shape index (κ1) is 21.9. The Bertz CT molecular complexity index is 1690. The van der Waals surface area contributed by atoms with Gasteiger partial charge >= 0.3 is 0 Å². The molecule has 1 aromatic carbocycles. The molecule has 5 aromatic rings. The Kier molecular flexibility index (Phi) is 5.19. The Morgan fingerprint density at radius 2 is 2.00 bits per heavy atom. The normalized spacial score (nSPS) is 15.9. The zero-order chi connectivity index (χ0) is 24.3. The van der Waals surface area contributed by atoms with Crippen molar-refractivity contribution in [1.29, 1.82) is 0 Å². The van der Waals surface area contributed by atoms with Gasteiger partial charge in [0.25, 0.3) is 0 Å². The van der Waals surface area contributed by atoms with Crippen molar-refractivity contribution in [1.82, 2.24) is 19.7 Å². The Labute approximate surface area is 202 Å². The van der Waals surface area contributed by atoms with Crippen molar-refractivity contribution in [3.8, 4) is 16.3 Å². The maximum absolute atomic E-state index is 14.8. The molecule has 1 atom stereocenters. The van der Waals surface area contributed by atoms with Crippen molar-refractivity contribution in [2.45, 2.75) is 26.2 Å². The van der Waals surface area contributed by atoms with Gasteiger partial charge in [-0.3, -0.25) is 9.78 Å². The number of pyridine rings is 2. The van der Waals surface area contributed by atoms with Gasteiger partial charge in [-0.25, -0.2) is 18.4 Å². The van der Waals surface area contributed by atoms with Crippen LogP contribution in [0.1, 0.15) is 29.3 Å². The van der Waals surface area contributed by atoms with Crippen LogP contribution in [-0.2, 0) is 4.74 Å². The van der Waals surface area contributed by atoms with Gasteiger partial charge in [-0.1, -0.05) is 0 Å². The van der Waals surface area contributed by atoms with Gasteiger partial charge in [0.05, 0.1) is 21.7 Å². The van der Waals surface area contributed by atoms with Crippen LogP contribution in [-0.4, -0.2) is 33.0 Å². The first-order valence-electron chi connectivity index (χ1n) is 11.2. The topological polar surface area (TPSA) is 69.9 Å². The average Bonchev–Trinajstić information content (AvgIpc) is 3.51. The van der Waals surface area contributed by atoms with Crippen LogP contribution in [0.25, 0.3) is 37.4 Å². The average molecular weight is 491 g/mol. The van der Waals surface area contributed by atoms with Crippen molar-refractivity contribution < 1.29 is 13.5 Å². The number of aromatic nitrogens is 4. The van der Waals surface area contributed by atoms with Crippen LogP contribution in [0.3, 0.4) is 0 Å². The molecule has 1 saturated heterocycles. The number of ether oxygens (including phenoxy) is 1. The Morgan fingerprint density at radius 3 is 2.77 bits per heavy atom. The molecule has 0 spiro atoms. The molecule has 0 bridgehead atoms. The Hall–Kier alpha value is -3.56. The molecular weight excluding hydrogens is 470 g/mol. The molecule has 0 N–H and O–H groups in total.